The molecule has 1 aromatic rings. The SMILES string of the molecule is COC(=O)C[C@H](NC(=O)OC(C)(C)C)c1ccc(C#N)cc1. The molecule has 0 aromatic heterocycles. The molecule has 0 unspecified atom stereocenters. The number of alkyl carbamates (subject to hydrolysis) is 1. The van der Waals surface area contributed by atoms with Crippen molar-refractivity contribution in [2.24, 2.45) is 0 Å². The summed E-state index contributed by atoms with van der Waals surface area (Å²) < 4.78 is 9.84. The van der Waals surface area contributed by atoms with Gasteiger partial charge in [-0.25, -0.2) is 4.79 Å². The number of amides is 1. The van der Waals surface area contributed by atoms with Crippen molar-refractivity contribution in [3.8, 4) is 6.07 Å². The molecule has 0 aliphatic rings. The fourth-order valence-electron chi connectivity index (χ4n) is 1.74. The highest BCUT2D eigenvalue weighted by Gasteiger charge is 2.22. The molecule has 1 aromatic carbocycles. The number of carbonyl (C=O) groups is 2. The van der Waals surface area contributed by atoms with Gasteiger partial charge in [-0.3, -0.25) is 4.79 Å². The molecule has 0 heterocycles. The first-order valence-electron chi connectivity index (χ1n) is 6.81. The number of hydrogen-bond donors (Lipinski definition) is 1. The molecule has 0 saturated heterocycles. The highest BCUT2D eigenvalue weighted by atomic mass is 16.6. The largest absolute Gasteiger partial charge is 0.469 e. The molecule has 6 heteroatoms. The van der Waals surface area contributed by atoms with Crippen LogP contribution in [0, 0.1) is 11.3 Å². The third kappa shape index (κ3) is 5.83. The predicted octanol–water partition coefficient (Wildman–Crippen LogP) is 2.69. The Balaban J connectivity index is 2.90. The van der Waals surface area contributed by atoms with E-state index in [1.165, 1.54) is 7.11 Å². The number of nitrogens with zero attached hydrogens (tertiary/aromatic N) is 1. The van der Waals surface area contributed by atoms with E-state index >= 15 is 0 Å². The zero-order chi connectivity index (χ0) is 16.8. The average molecular weight is 304 g/mol. The van der Waals surface area contributed by atoms with Gasteiger partial charge in [0.2, 0.25) is 0 Å². The van der Waals surface area contributed by atoms with E-state index in [0.717, 1.165) is 0 Å². The van der Waals surface area contributed by atoms with Crippen molar-refractivity contribution in [3.05, 3.63) is 35.4 Å². The highest BCUT2D eigenvalue weighted by molar-refractivity contribution is 5.73. The van der Waals surface area contributed by atoms with E-state index < -0.39 is 23.7 Å². The standard InChI is InChI=1S/C16H20N2O4/c1-16(2,3)22-15(20)18-13(9-14(19)21-4)12-7-5-11(10-17)6-8-12/h5-8,13H,9H2,1-4H3,(H,18,20)/t13-/m0/s1. The molecule has 0 aliphatic carbocycles. The Labute approximate surface area is 130 Å². The van der Waals surface area contributed by atoms with Gasteiger partial charge >= 0.3 is 12.1 Å². The molecule has 0 saturated carbocycles. The molecule has 0 radical (unpaired) electrons. The van der Waals surface area contributed by atoms with Gasteiger partial charge in [0.05, 0.1) is 31.2 Å². The summed E-state index contributed by atoms with van der Waals surface area (Å²) >= 11 is 0. The zero-order valence-corrected chi connectivity index (χ0v) is 13.2. The number of benzene rings is 1. The van der Waals surface area contributed by atoms with Gasteiger partial charge in [0, 0.05) is 0 Å². The summed E-state index contributed by atoms with van der Waals surface area (Å²) in [6.45, 7) is 5.26. The van der Waals surface area contributed by atoms with Crippen molar-refractivity contribution < 1.29 is 19.1 Å². The van der Waals surface area contributed by atoms with Gasteiger partial charge in [0.15, 0.2) is 0 Å². The molecule has 0 spiro atoms. The van der Waals surface area contributed by atoms with Gasteiger partial charge in [-0.15, -0.1) is 0 Å². The van der Waals surface area contributed by atoms with Crippen LogP contribution in [0.2, 0.25) is 0 Å². The summed E-state index contributed by atoms with van der Waals surface area (Å²) in [5.41, 5.74) is 0.554. The zero-order valence-electron chi connectivity index (χ0n) is 13.2. The Bertz CT molecular complexity index is 567. The molecule has 0 aliphatic heterocycles. The summed E-state index contributed by atoms with van der Waals surface area (Å²) in [5, 5.41) is 11.5. The number of carbonyl (C=O) groups excluding carboxylic acids is 2. The van der Waals surface area contributed by atoms with Crippen molar-refractivity contribution >= 4 is 12.1 Å². The lowest BCUT2D eigenvalue weighted by Gasteiger charge is -2.23. The summed E-state index contributed by atoms with van der Waals surface area (Å²) in [6, 6.07) is 8.04. The quantitative estimate of drug-likeness (QED) is 0.864. The van der Waals surface area contributed by atoms with E-state index in [9.17, 15) is 9.59 Å². The highest BCUT2D eigenvalue weighted by Crippen LogP contribution is 2.19. The molecule has 1 atom stereocenters. The molecular formula is C16H20N2O4. The first-order valence-corrected chi connectivity index (χ1v) is 6.81. The molecule has 0 fully saturated rings. The van der Waals surface area contributed by atoms with Crippen LogP contribution in [0.4, 0.5) is 4.79 Å². The van der Waals surface area contributed by atoms with Crippen LogP contribution < -0.4 is 5.32 Å². The van der Waals surface area contributed by atoms with E-state index in [0.29, 0.717) is 11.1 Å². The van der Waals surface area contributed by atoms with Crippen LogP contribution in [0.3, 0.4) is 0 Å². The number of nitrogens with one attached hydrogen (secondary N) is 1. The lowest BCUT2D eigenvalue weighted by Crippen LogP contribution is -2.36. The van der Waals surface area contributed by atoms with E-state index in [4.69, 9.17) is 10.00 Å². The van der Waals surface area contributed by atoms with Crippen molar-refractivity contribution in [2.45, 2.75) is 38.8 Å². The first-order chi connectivity index (χ1) is 10.2. The summed E-state index contributed by atoms with van der Waals surface area (Å²) in [6.07, 6.45) is -0.646. The van der Waals surface area contributed by atoms with Crippen molar-refractivity contribution in [2.75, 3.05) is 7.11 Å². The van der Waals surface area contributed by atoms with Gasteiger partial charge in [-0.05, 0) is 38.5 Å². The average Bonchev–Trinajstić information content (AvgIpc) is 2.44. The molecular weight excluding hydrogens is 284 g/mol. The van der Waals surface area contributed by atoms with Crippen LogP contribution >= 0.6 is 0 Å². The number of hydrogen-bond acceptors (Lipinski definition) is 5. The lowest BCUT2D eigenvalue weighted by molar-refractivity contribution is -0.141. The fourth-order valence-corrected chi connectivity index (χ4v) is 1.74. The van der Waals surface area contributed by atoms with Crippen LogP contribution in [0.25, 0.3) is 0 Å². The maximum absolute atomic E-state index is 11.9. The maximum Gasteiger partial charge on any atom is 0.408 e. The van der Waals surface area contributed by atoms with Crippen LogP contribution in [-0.2, 0) is 14.3 Å². The topological polar surface area (TPSA) is 88.4 Å². The van der Waals surface area contributed by atoms with Gasteiger partial charge in [0.25, 0.3) is 0 Å². The van der Waals surface area contributed by atoms with Crippen LogP contribution in [0.1, 0.15) is 44.4 Å². The molecule has 118 valence electrons. The smallest absolute Gasteiger partial charge is 0.408 e. The van der Waals surface area contributed by atoms with Gasteiger partial charge < -0.3 is 14.8 Å². The third-order valence-corrected chi connectivity index (χ3v) is 2.73. The Morgan fingerprint density at radius 2 is 1.86 bits per heavy atom. The van der Waals surface area contributed by atoms with Gasteiger partial charge in [-0.1, -0.05) is 12.1 Å². The van der Waals surface area contributed by atoms with E-state index in [-0.39, 0.29) is 6.42 Å². The minimum Gasteiger partial charge on any atom is -0.469 e. The second-order valence-electron chi connectivity index (χ2n) is 5.71. The van der Waals surface area contributed by atoms with Gasteiger partial charge in [0.1, 0.15) is 5.60 Å². The van der Waals surface area contributed by atoms with Crippen LogP contribution in [0.15, 0.2) is 24.3 Å². The lowest BCUT2D eigenvalue weighted by atomic mass is 10.0. The molecule has 1 rings (SSSR count). The number of rotatable bonds is 4. The number of ether oxygens (including phenoxy) is 2. The van der Waals surface area contributed by atoms with E-state index in [2.05, 4.69) is 10.1 Å². The second-order valence-corrected chi connectivity index (χ2v) is 5.71. The number of methoxy groups -OCH3 is 1. The Morgan fingerprint density at radius 1 is 1.27 bits per heavy atom. The van der Waals surface area contributed by atoms with Crippen LogP contribution in [0.5, 0.6) is 0 Å². The Hall–Kier alpha value is -2.55. The molecule has 22 heavy (non-hydrogen) atoms. The third-order valence-electron chi connectivity index (χ3n) is 2.73. The number of esters is 1. The molecule has 0 bridgehead atoms. The minimum absolute atomic E-state index is 0.0261. The first kappa shape index (κ1) is 17.5. The summed E-state index contributed by atoms with van der Waals surface area (Å²) in [4.78, 5) is 23.4. The molecule has 6 nitrogen and oxygen atoms in total. The monoisotopic (exact) mass is 304 g/mol. The minimum atomic E-state index is -0.634. The predicted molar refractivity (Wildman–Crippen MR) is 79.9 cm³/mol. The van der Waals surface area contributed by atoms with Crippen molar-refractivity contribution in [1.29, 1.82) is 5.26 Å². The van der Waals surface area contributed by atoms with Crippen molar-refractivity contribution in [3.63, 3.8) is 0 Å². The second kappa shape index (κ2) is 7.46. The summed E-state index contributed by atoms with van der Waals surface area (Å²) in [7, 11) is 1.28. The Morgan fingerprint density at radius 3 is 2.32 bits per heavy atom. The fraction of sp³-hybridized carbons (Fsp3) is 0.438. The van der Waals surface area contributed by atoms with Crippen molar-refractivity contribution in [1.82, 2.24) is 5.32 Å². The summed E-state index contributed by atoms with van der Waals surface area (Å²) in [5.74, 6) is -0.453. The molecule has 1 amide bonds. The Kier molecular flexibility index (Phi) is 5.93. The van der Waals surface area contributed by atoms with E-state index in [1.54, 1.807) is 45.0 Å². The maximum atomic E-state index is 11.9. The normalized spacial score (nSPS) is 12.0. The molecule has 1 N–H and O–H groups in total. The van der Waals surface area contributed by atoms with Gasteiger partial charge in [-0.2, -0.15) is 5.26 Å². The number of nitriles is 1. The van der Waals surface area contributed by atoms with E-state index in [1.807, 2.05) is 6.07 Å². The van der Waals surface area contributed by atoms with Crippen LogP contribution in [-0.4, -0.2) is 24.8 Å².